The van der Waals surface area contributed by atoms with Gasteiger partial charge in [-0.05, 0) is 6.07 Å². The van der Waals surface area contributed by atoms with Gasteiger partial charge < -0.3 is 0 Å². The first-order chi connectivity index (χ1) is 6.47. The van der Waals surface area contributed by atoms with Crippen LogP contribution in [0.4, 0.5) is 0 Å². The Bertz CT molecular complexity index is 435. The molecule has 0 unspecified atom stereocenters. The molecule has 0 saturated heterocycles. The summed E-state index contributed by atoms with van der Waals surface area (Å²) in [6.07, 6.45) is 1.08. The number of nitrogens with one attached hydrogen (secondary N) is 1. The van der Waals surface area contributed by atoms with E-state index in [1.807, 2.05) is 4.89 Å². The highest BCUT2D eigenvalue weighted by molar-refractivity contribution is 7.89. The molecule has 0 atom stereocenters. The standard InChI is InChI=1S/C6H6Cl2N2O3S/c1-13-10-14(11,12)4-2-5(7)6(8)9-3-4/h2-3,10H,1H3. The summed E-state index contributed by atoms with van der Waals surface area (Å²) in [6, 6.07) is 1.18. The molecule has 0 fully saturated rings. The quantitative estimate of drug-likeness (QED) is 0.653. The van der Waals surface area contributed by atoms with Gasteiger partial charge in [-0.3, -0.25) is 4.84 Å². The summed E-state index contributed by atoms with van der Waals surface area (Å²) in [5, 5.41) is 0.105. The van der Waals surface area contributed by atoms with Crippen molar-refractivity contribution >= 4 is 33.2 Å². The van der Waals surface area contributed by atoms with Crippen LogP contribution < -0.4 is 4.89 Å². The molecule has 8 heteroatoms. The SMILES string of the molecule is CONS(=O)(=O)c1cnc(Cl)c(Cl)c1. The van der Waals surface area contributed by atoms with Crippen LogP contribution in [-0.2, 0) is 14.9 Å². The van der Waals surface area contributed by atoms with E-state index in [9.17, 15) is 8.42 Å². The molecule has 0 aromatic carbocycles. The predicted molar refractivity (Wildman–Crippen MR) is 51.6 cm³/mol. The number of aromatic nitrogens is 1. The van der Waals surface area contributed by atoms with E-state index in [1.54, 1.807) is 0 Å². The summed E-state index contributed by atoms with van der Waals surface area (Å²) in [6.45, 7) is 0. The van der Waals surface area contributed by atoms with Gasteiger partial charge in [0, 0.05) is 6.20 Å². The zero-order chi connectivity index (χ0) is 10.8. The molecular weight excluding hydrogens is 251 g/mol. The maximum atomic E-state index is 11.3. The zero-order valence-electron chi connectivity index (χ0n) is 6.99. The third-order valence-corrected chi connectivity index (χ3v) is 3.19. The van der Waals surface area contributed by atoms with E-state index < -0.39 is 10.0 Å². The van der Waals surface area contributed by atoms with Gasteiger partial charge in [-0.1, -0.05) is 28.1 Å². The lowest BCUT2D eigenvalue weighted by Crippen LogP contribution is -2.22. The number of halogens is 2. The number of sulfonamides is 1. The van der Waals surface area contributed by atoms with E-state index >= 15 is 0 Å². The predicted octanol–water partition coefficient (Wildman–Crippen LogP) is 1.23. The second-order valence-electron chi connectivity index (χ2n) is 2.23. The number of hydrogen-bond donors (Lipinski definition) is 1. The summed E-state index contributed by atoms with van der Waals surface area (Å²) in [7, 11) is -2.54. The number of hydrogen-bond acceptors (Lipinski definition) is 4. The van der Waals surface area contributed by atoms with Crippen LogP contribution >= 0.6 is 23.2 Å². The van der Waals surface area contributed by atoms with E-state index in [1.165, 1.54) is 13.2 Å². The number of pyridine rings is 1. The molecule has 0 bridgehead atoms. The van der Waals surface area contributed by atoms with E-state index in [2.05, 4.69) is 9.82 Å². The fraction of sp³-hybridized carbons (Fsp3) is 0.167. The van der Waals surface area contributed by atoms with Crippen molar-refractivity contribution in [2.75, 3.05) is 7.11 Å². The lowest BCUT2D eigenvalue weighted by molar-refractivity contribution is 0.153. The maximum Gasteiger partial charge on any atom is 0.264 e. The molecule has 0 aliphatic carbocycles. The van der Waals surface area contributed by atoms with Gasteiger partial charge in [-0.2, -0.15) is 0 Å². The molecule has 0 aliphatic rings. The Morgan fingerprint density at radius 2 is 2.14 bits per heavy atom. The zero-order valence-corrected chi connectivity index (χ0v) is 9.32. The van der Waals surface area contributed by atoms with Crippen molar-refractivity contribution in [3.8, 4) is 0 Å². The van der Waals surface area contributed by atoms with Crippen LogP contribution in [0.25, 0.3) is 0 Å². The summed E-state index contributed by atoms with van der Waals surface area (Å²) in [5.41, 5.74) is 0. The Morgan fingerprint density at radius 1 is 1.50 bits per heavy atom. The second kappa shape index (κ2) is 4.41. The molecule has 1 rings (SSSR count). The number of rotatable bonds is 3. The third-order valence-electron chi connectivity index (χ3n) is 1.27. The summed E-state index contributed by atoms with van der Waals surface area (Å²) in [5.74, 6) is 0. The van der Waals surface area contributed by atoms with Crippen LogP contribution in [0.15, 0.2) is 17.2 Å². The molecule has 0 amide bonds. The van der Waals surface area contributed by atoms with Crippen molar-refractivity contribution in [3.63, 3.8) is 0 Å². The van der Waals surface area contributed by atoms with Crippen molar-refractivity contribution in [1.82, 2.24) is 9.87 Å². The Labute approximate surface area is 91.0 Å². The minimum atomic E-state index is -3.73. The highest BCUT2D eigenvalue weighted by atomic mass is 35.5. The molecule has 5 nitrogen and oxygen atoms in total. The van der Waals surface area contributed by atoms with E-state index in [0.29, 0.717) is 0 Å². The van der Waals surface area contributed by atoms with Crippen LogP contribution in [0, 0.1) is 0 Å². The Balaban J connectivity index is 3.15. The molecule has 0 radical (unpaired) electrons. The second-order valence-corrected chi connectivity index (χ2v) is 4.64. The first kappa shape index (κ1) is 11.7. The molecule has 1 aromatic rings. The van der Waals surface area contributed by atoms with Gasteiger partial charge in [-0.15, -0.1) is 0 Å². The van der Waals surface area contributed by atoms with Crippen molar-refractivity contribution < 1.29 is 13.3 Å². The Kier molecular flexibility index (Phi) is 3.68. The van der Waals surface area contributed by atoms with Crippen LogP contribution in [0.2, 0.25) is 10.2 Å². The van der Waals surface area contributed by atoms with E-state index in [0.717, 1.165) is 6.20 Å². The minimum Gasteiger partial charge on any atom is -0.290 e. The van der Waals surface area contributed by atoms with Crippen LogP contribution in [-0.4, -0.2) is 20.5 Å². The largest absolute Gasteiger partial charge is 0.290 e. The highest BCUT2D eigenvalue weighted by Crippen LogP contribution is 2.21. The van der Waals surface area contributed by atoms with Crippen molar-refractivity contribution in [2.24, 2.45) is 0 Å². The van der Waals surface area contributed by atoms with Crippen LogP contribution in [0.1, 0.15) is 0 Å². The van der Waals surface area contributed by atoms with Gasteiger partial charge in [0.2, 0.25) is 0 Å². The van der Waals surface area contributed by atoms with E-state index in [-0.39, 0.29) is 15.1 Å². The normalized spacial score (nSPS) is 11.6. The maximum absolute atomic E-state index is 11.3. The lowest BCUT2D eigenvalue weighted by atomic mass is 10.5. The molecule has 0 aliphatic heterocycles. The van der Waals surface area contributed by atoms with Crippen molar-refractivity contribution in [1.29, 1.82) is 0 Å². The van der Waals surface area contributed by atoms with Gasteiger partial charge >= 0.3 is 0 Å². The van der Waals surface area contributed by atoms with Gasteiger partial charge in [0.25, 0.3) is 10.0 Å². The smallest absolute Gasteiger partial charge is 0.264 e. The Morgan fingerprint density at radius 3 is 2.64 bits per heavy atom. The van der Waals surface area contributed by atoms with Crippen molar-refractivity contribution in [2.45, 2.75) is 4.90 Å². The molecule has 78 valence electrons. The monoisotopic (exact) mass is 256 g/mol. The fourth-order valence-electron chi connectivity index (χ4n) is 0.708. The van der Waals surface area contributed by atoms with Gasteiger partial charge in [0.1, 0.15) is 10.0 Å². The fourth-order valence-corrected chi connectivity index (χ4v) is 1.82. The molecule has 0 spiro atoms. The summed E-state index contributed by atoms with van der Waals surface area (Å²) in [4.78, 5) is 9.57. The van der Waals surface area contributed by atoms with Crippen LogP contribution in [0.5, 0.6) is 0 Å². The topological polar surface area (TPSA) is 68.3 Å². The number of nitrogens with zero attached hydrogens (tertiary/aromatic N) is 1. The summed E-state index contributed by atoms with van der Waals surface area (Å²) >= 11 is 11.1. The first-order valence-corrected chi connectivity index (χ1v) is 5.57. The average Bonchev–Trinajstić information content (AvgIpc) is 2.09. The highest BCUT2D eigenvalue weighted by Gasteiger charge is 2.15. The van der Waals surface area contributed by atoms with Gasteiger partial charge in [-0.25, -0.2) is 13.4 Å². The lowest BCUT2D eigenvalue weighted by Gasteiger charge is -2.04. The molecular formula is C6H6Cl2N2O3S. The first-order valence-electron chi connectivity index (χ1n) is 3.33. The summed E-state index contributed by atoms with van der Waals surface area (Å²) < 4.78 is 22.6. The van der Waals surface area contributed by atoms with E-state index in [4.69, 9.17) is 23.2 Å². The van der Waals surface area contributed by atoms with Gasteiger partial charge in [0.05, 0.1) is 12.1 Å². The van der Waals surface area contributed by atoms with Gasteiger partial charge in [0.15, 0.2) is 0 Å². The van der Waals surface area contributed by atoms with Crippen molar-refractivity contribution in [3.05, 3.63) is 22.4 Å². The molecule has 14 heavy (non-hydrogen) atoms. The Hall–Kier alpha value is -0.400. The molecule has 0 saturated carbocycles. The molecule has 1 aromatic heterocycles. The third kappa shape index (κ3) is 2.55. The molecule has 1 N–H and O–H groups in total. The average molecular weight is 257 g/mol. The van der Waals surface area contributed by atoms with Crippen LogP contribution in [0.3, 0.4) is 0 Å². The molecule has 1 heterocycles. The minimum absolute atomic E-state index is 0.0445.